The van der Waals surface area contributed by atoms with E-state index in [1.54, 1.807) is 0 Å². The number of hydrogen-bond acceptors (Lipinski definition) is 2. The molecule has 0 spiro atoms. The number of nitrogens with one attached hydrogen (secondary N) is 1. The molecule has 4 heteroatoms. The van der Waals surface area contributed by atoms with Gasteiger partial charge >= 0.3 is 0 Å². The van der Waals surface area contributed by atoms with Crippen LogP contribution < -0.4 is 10.1 Å². The van der Waals surface area contributed by atoms with E-state index >= 15 is 0 Å². The van der Waals surface area contributed by atoms with Crippen LogP contribution >= 0.6 is 31.9 Å². The van der Waals surface area contributed by atoms with E-state index in [1.165, 1.54) is 37.7 Å². The van der Waals surface area contributed by atoms with Gasteiger partial charge in [0.1, 0.15) is 5.75 Å². The highest BCUT2D eigenvalue weighted by molar-refractivity contribution is 9.11. The fourth-order valence-electron chi connectivity index (χ4n) is 2.87. The second-order valence-corrected chi connectivity index (χ2v) is 7.55. The van der Waals surface area contributed by atoms with Gasteiger partial charge in [-0.2, -0.15) is 0 Å². The summed E-state index contributed by atoms with van der Waals surface area (Å²) in [5, 5.41) is 3.75. The summed E-state index contributed by atoms with van der Waals surface area (Å²) in [6, 6.07) is 4.19. The third-order valence-electron chi connectivity index (χ3n) is 4.04. The Morgan fingerprint density at radius 1 is 1.20 bits per heavy atom. The summed E-state index contributed by atoms with van der Waals surface area (Å²) in [6.07, 6.45) is 6.59. The molecule has 0 aliphatic heterocycles. The number of benzene rings is 1. The third-order valence-corrected chi connectivity index (χ3v) is 5.08. The van der Waals surface area contributed by atoms with E-state index in [9.17, 15) is 0 Å². The molecule has 1 N–H and O–H groups in total. The Balaban J connectivity index is 2.11. The zero-order valence-electron chi connectivity index (χ0n) is 12.3. The average Bonchev–Trinajstić information content (AvgIpc) is 2.41. The Kier molecular flexibility index (Phi) is 5.94. The van der Waals surface area contributed by atoms with Crippen molar-refractivity contribution < 1.29 is 4.74 Å². The van der Waals surface area contributed by atoms with E-state index in [1.807, 2.05) is 13.0 Å². The summed E-state index contributed by atoms with van der Waals surface area (Å²) >= 11 is 7.16. The first-order valence-electron chi connectivity index (χ1n) is 7.40. The Bertz CT molecular complexity index is 456. The predicted molar refractivity (Wildman–Crippen MR) is 91.3 cm³/mol. The molecule has 0 saturated heterocycles. The fraction of sp³-hybridized carbons (Fsp3) is 0.625. The van der Waals surface area contributed by atoms with Gasteiger partial charge in [0.15, 0.2) is 0 Å². The minimum Gasteiger partial charge on any atom is -0.492 e. The van der Waals surface area contributed by atoms with Crippen molar-refractivity contribution in [2.75, 3.05) is 6.61 Å². The maximum atomic E-state index is 5.79. The summed E-state index contributed by atoms with van der Waals surface area (Å²) in [4.78, 5) is 0. The molecule has 0 unspecified atom stereocenters. The molecule has 2 nitrogen and oxygen atoms in total. The van der Waals surface area contributed by atoms with Crippen molar-refractivity contribution >= 4 is 31.9 Å². The summed E-state index contributed by atoms with van der Waals surface area (Å²) < 4.78 is 7.88. The molecule has 1 aromatic rings. The van der Waals surface area contributed by atoms with Crippen LogP contribution in [0.2, 0.25) is 0 Å². The predicted octanol–water partition coefficient (Wildman–Crippen LogP) is 5.42. The topological polar surface area (TPSA) is 21.3 Å². The van der Waals surface area contributed by atoms with Crippen LogP contribution in [0.3, 0.4) is 0 Å². The van der Waals surface area contributed by atoms with Gasteiger partial charge in [-0.1, -0.05) is 35.2 Å². The molecule has 0 atom stereocenters. The van der Waals surface area contributed by atoms with Crippen LogP contribution in [0.4, 0.5) is 0 Å². The lowest BCUT2D eigenvalue weighted by Crippen LogP contribution is -2.43. The van der Waals surface area contributed by atoms with Gasteiger partial charge in [0, 0.05) is 22.1 Å². The molecule has 112 valence electrons. The molecule has 0 radical (unpaired) electrons. The Labute approximate surface area is 138 Å². The minimum absolute atomic E-state index is 0.274. The monoisotopic (exact) mass is 403 g/mol. The number of halogens is 2. The van der Waals surface area contributed by atoms with Crippen molar-refractivity contribution in [1.29, 1.82) is 0 Å². The minimum atomic E-state index is 0.274. The summed E-state index contributed by atoms with van der Waals surface area (Å²) in [7, 11) is 0. The largest absolute Gasteiger partial charge is 0.492 e. The van der Waals surface area contributed by atoms with Crippen molar-refractivity contribution in [2.24, 2.45) is 0 Å². The molecule has 0 amide bonds. The zero-order chi connectivity index (χ0) is 14.6. The Hall–Kier alpha value is -0.0600. The maximum absolute atomic E-state index is 5.79. The summed E-state index contributed by atoms with van der Waals surface area (Å²) in [6.45, 7) is 5.90. The van der Waals surface area contributed by atoms with Gasteiger partial charge in [-0.15, -0.1) is 0 Å². The molecule has 1 aromatic carbocycles. The number of rotatable bonds is 5. The maximum Gasteiger partial charge on any atom is 0.138 e. The van der Waals surface area contributed by atoms with Crippen LogP contribution in [-0.4, -0.2) is 12.1 Å². The van der Waals surface area contributed by atoms with Crippen LogP contribution in [0.25, 0.3) is 0 Å². The second-order valence-electron chi connectivity index (χ2n) is 5.78. The smallest absolute Gasteiger partial charge is 0.138 e. The average molecular weight is 405 g/mol. The molecular formula is C16H23Br2NO. The number of hydrogen-bond donors (Lipinski definition) is 1. The van der Waals surface area contributed by atoms with Gasteiger partial charge in [0.05, 0.1) is 11.1 Å². The van der Waals surface area contributed by atoms with Crippen molar-refractivity contribution in [3.8, 4) is 5.75 Å². The lowest BCUT2D eigenvalue weighted by Gasteiger charge is -2.35. The third kappa shape index (κ3) is 4.22. The van der Waals surface area contributed by atoms with Crippen molar-refractivity contribution in [3.63, 3.8) is 0 Å². The van der Waals surface area contributed by atoms with E-state index in [0.29, 0.717) is 6.61 Å². The van der Waals surface area contributed by atoms with Gasteiger partial charge < -0.3 is 10.1 Å². The Morgan fingerprint density at radius 2 is 1.90 bits per heavy atom. The molecular weight excluding hydrogens is 382 g/mol. The zero-order valence-corrected chi connectivity index (χ0v) is 15.4. The van der Waals surface area contributed by atoms with Crippen molar-refractivity contribution in [3.05, 3.63) is 26.6 Å². The first-order chi connectivity index (χ1) is 9.54. The van der Waals surface area contributed by atoms with E-state index in [0.717, 1.165) is 21.2 Å². The van der Waals surface area contributed by atoms with E-state index in [-0.39, 0.29) is 5.54 Å². The summed E-state index contributed by atoms with van der Waals surface area (Å²) in [5.74, 6) is 0.961. The normalized spacial score (nSPS) is 18.0. The molecule has 1 fully saturated rings. The van der Waals surface area contributed by atoms with Gasteiger partial charge in [0.25, 0.3) is 0 Å². The lowest BCUT2D eigenvalue weighted by atomic mass is 9.83. The molecule has 1 aliphatic rings. The van der Waals surface area contributed by atoms with Crippen molar-refractivity contribution in [2.45, 2.75) is 58.0 Å². The highest BCUT2D eigenvalue weighted by Gasteiger charge is 2.26. The second kappa shape index (κ2) is 7.28. The molecule has 0 heterocycles. The van der Waals surface area contributed by atoms with Gasteiger partial charge in [0.2, 0.25) is 0 Å². The first kappa shape index (κ1) is 16.3. The van der Waals surface area contributed by atoms with Gasteiger partial charge in [-0.05, 0) is 54.8 Å². The number of ether oxygens (including phenoxy) is 1. The van der Waals surface area contributed by atoms with E-state index < -0.39 is 0 Å². The first-order valence-corrected chi connectivity index (χ1v) is 8.98. The SMILES string of the molecule is CCOc1c(Br)cc(Br)cc1CNC1(C)CCCCC1. The van der Waals surface area contributed by atoms with Crippen LogP contribution in [0.15, 0.2) is 21.1 Å². The Morgan fingerprint density at radius 3 is 2.55 bits per heavy atom. The molecule has 1 saturated carbocycles. The van der Waals surface area contributed by atoms with Gasteiger partial charge in [-0.25, -0.2) is 0 Å². The molecule has 1 aliphatic carbocycles. The van der Waals surface area contributed by atoms with E-state index in [4.69, 9.17) is 4.74 Å². The molecule has 2 rings (SSSR count). The van der Waals surface area contributed by atoms with Gasteiger partial charge in [-0.3, -0.25) is 0 Å². The molecule has 0 bridgehead atoms. The fourth-order valence-corrected chi connectivity index (χ4v) is 4.30. The lowest BCUT2D eigenvalue weighted by molar-refractivity contribution is 0.250. The van der Waals surface area contributed by atoms with E-state index in [2.05, 4.69) is 50.2 Å². The van der Waals surface area contributed by atoms with Crippen molar-refractivity contribution in [1.82, 2.24) is 5.32 Å². The molecule has 0 aromatic heterocycles. The highest BCUT2D eigenvalue weighted by Crippen LogP contribution is 2.34. The quantitative estimate of drug-likeness (QED) is 0.706. The summed E-state index contributed by atoms with van der Waals surface area (Å²) in [5.41, 5.74) is 1.48. The standard InChI is InChI=1S/C16H23Br2NO/c1-3-20-15-12(9-13(17)10-14(15)18)11-19-16(2)7-5-4-6-8-16/h9-10,19H,3-8,11H2,1-2H3. The van der Waals surface area contributed by atoms with Crippen LogP contribution in [0, 0.1) is 0 Å². The van der Waals surface area contributed by atoms with Crippen LogP contribution in [0.5, 0.6) is 5.75 Å². The highest BCUT2D eigenvalue weighted by atomic mass is 79.9. The van der Waals surface area contributed by atoms with Crippen LogP contribution in [-0.2, 0) is 6.54 Å². The molecule has 20 heavy (non-hydrogen) atoms. The van der Waals surface area contributed by atoms with Crippen LogP contribution in [0.1, 0.15) is 51.5 Å².